The fourth-order valence-electron chi connectivity index (χ4n) is 2.17. The Hall–Kier alpha value is -2.30. The highest BCUT2D eigenvalue weighted by molar-refractivity contribution is 6.02. The van der Waals surface area contributed by atoms with Crippen molar-refractivity contribution in [1.82, 2.24) is 0 Å². The Labute approximate surface area is 133 Å². The zero-order chi connectivity index (χ0) is 16.9. The standard InChI is InChI=1S/C18H19F3N2/c1-2-3-4-17(13-5-9-15(22)10-6-13)23-16-11-7-14(8-12-16)18(19,20)21/h5-12H,2-4,22H2,1H3. The maximum absolute atomic E-state index is 12.6. The van der Waals surface area contributed by atoms with Crippen LogP contribution in [0.15, 0.2) is 53.5 Å². The fourth-order valence-corrected chi connectivity index (χ4v) is 2.17. The van der Waals surface area contributed by atoms with Gasteiger partial charge in [0.15, 0.2) is 0 Å². The van der Waals surface area contributed by atoms with Crippen molar-refractivity contribution in [2.24, 2.45) is 4.99 Å². The number of hydrogen-bond donors (Lipinski definition) is 1. The second kappa shape index (κ2) is 7.31. The molecule has 0 aliphatic carbocycles. The lowest BCUT2D eigenvalue weighted by atomic mass is 10.0. The van der Waals surface area contributed by atoms with E-state index >= 15 is 0 Å². The predicted molar refractivity (Wildman–Crippen MR) is 88.0 cm³/mol. The van der Waals surface area contributed by atoms with Gasteiger partial charge in [0.1, 0.15) is 0 Å². The molecule has 0 radical (unpaired) electrons. The SMILES string of the molecule is CCCCC(=Nc1ccc(C(F)(F)F)cc1)c1ccc(N)cc1. The molecule has 0 bridgehead atoms. The molecule has 0 saturated carbocycles. The third kappa shape index (κ3) is 4.84. The van der Waals surface area contributed by atoms with Crippen LogP contribution in [0.3, 0.4) is 0 Å². The summed E-state index contributed by atoms with van der Waals surface area (Å²) in [5.74, 6) is 0. The minimum Gasteiger partial charge on any atom is -0.399 e. The molecule has 0 spiro atoms. The van der Waals surface area contributed by atoms with Gasteiger partial charge < -0.3 is 5.73 Å². The Morgan fingerprint density at radius 1 is 1.00 bits per heavy atom. The van der Waals surface area contributed by atoms with Gasteiger partial charge in [-0.3, -0.25) is 4.99 Å². The van der Waals surface area contributed by atoms with Crippen molar-refractivity contribution in [2.45, 2.75) is 32.4 Å². The summed E-state index contributed by atoms with van der Waals surface area (Å²) in [5.41, 5.74) is 7.99. The van der Waals surface area contributed by atoms with Gasteiger partial charge in [0.2, 0.25) is 0 Å². The molecule has 0 atom stereocenters. The van der Waals surface area contributed by atoms with E-state index in [1.54, 1.807) is 12.1 Å². The third-order valence-electron chi connectivity index (χ3n) is 3.47. The Morgan fingerprint density at radius 2 is 1.61 bits per heavy atom. The largest absolute Gasteiger partial charge is 0.416 e. The number of alkyl halides is 3. The van der Waals surface area contributed by atoms with E-state index in [-0.39, 0.29) is 0 Å². The molecule has 2 rings (SSSR count). The average Bonchev–Trinajstić information content (AvgIpc) is 2.52. The van der Waals surface area contributed by atoms with Gasteiger partial charge in [-0.25, -0.2) is 0 Å². The quantitative estimate of drug-likeness (QED) is 0.565. The van der Waals surface area contributed by atoms with Crippen LogP contribution in [0.25, 0.3) is 0 Å². The van der Waals surface area contributed by atoms with Gasteiger partial charge in [0.05, 0.1) is 11.3 Å². The third-order valence-corrected chi connectivity index (χ3v) is 3.47. The number of nitrogens with two attached hydrogens (primary N) is 1. The first-order chi connectivity index (χ1) is 10.9. The predicted octanol–water partition coefficient (Wildman–Crippen LogP) is 5.60. The zero-order valence-corrected chi connectivity index (χ0v) is 12.9. The minimum atomic E-state index is -4.33. The van der Waals surface area contributed by atoms with E-state index in [0.717, 1.165) is 42.7 Å². The lowest BCUT2D eigenvalue weighted by molar-refractivity contribution is -0.137. The van der Waals surface area contributed by atoms with E-state index in [1.165, 1.54) is 12.1 Å². The van der Waals surface area contributed by atoms with E-state index in [4.69, 9.17) is 5.73 Å². The number of nitrogen functional groups attached to an aromatic ring is 1. The molecule has 0 aliphatic rings. The zero-order valence-electron chi connectivity index (χ0n) is 12.9. The molecular weight excluding hydrogens is 301 g/mol. The highest BCUT2D eigenvalue weighted by Gasteiger charge is 2.29. The first kappa shape index (κ1) is 17.1. The first-order valence-electron chi connectivity index (χ1n) is 7.51. The van der Waals surface area contributed by atoms with Gasteiger partial charge in [-0.2, -0.15) is 13.2 Å². The summed E-state index contributed by atoms with van der Waals surface area (Å²) >= 11 is 0. The summed E-state index contributed by atoms with van der Waals surface area (Å²) in [6, 6.07) is 12.3. The van der Waals surface area contributed by atoms with Crippen LogP contribution in [0.1, 0.15) is 37.3 Å². The van der Waals surface area contributed by atoms with E-state index < -0.39 is 11.7 Å². The van der Waals surface area contributed by atoms with Crippen molar-refractivity contribution >= 4 is 17.1 Å². The van der Waals surface area contributed by atoms with Gasteiger partial charge >= 0.3 is 6.18 Å². The molecule has 5 heteroatoms. The number of nitrogens with zero attached hydrogens (tertiary/aromatic N) is 1. The molecule has 0 unspecified atom stereocenters. The number of aliphatic imine (C=N–C) groups is 1. The molecule has 23 heavy (non-hydrogen) atoms. The van der Waals surface area contributed by atoms with Crippen molar-refractivity contribution in [3.63, 3.8) is 0 Å². The molecule has 2 nitrogen and oxygen atoms in total. The maximum atomic E-state index is 12.6. The summed E-state index contributed by atoms with van der Waals surface area (Å²) in [6.45, 7) is 2.08. The average molecular weight is 320 g/mol. The topological polar surface area (TPSA) is 38.4 Å². The molecule has 122 valence electrons. The van der Waals surface area contributed by atoms with E-state index in [2.05, 4.69) is 11.9 Å². The first-order valence-corrected chi connectivity index (χ1v) is 7.51. The van der Waals surface area contributed by atoms with Crippen LogP contribution >= 0.6 is 0 Å². The molecule has 0 saturated heterocycles. The molecule has 2 N–H and O–H groups in total. The minimum absolute atomic E-state index is 0.515. The van der Waals surface area contributed by atoms with E-state index in [1.807, 2.05) is 12.1 Å². The number of unbranched alkanes of at least 4 members (excludes halogenated alkanes) is 1. The maximum Gasteiger partial charge on any atom is 0.416 e. The van der Waals surface area contributed by atoms with Gasteiger partial charge in [-0.15, -0.1) is 0 Å². The van der Waals surface area contributed by atoms with Crippen molar-refractivity contribution < 1.29 is 13.2 Å². The number of rotatable bonds is 5. The highest BCUT2D eigenvalue weighted by atomic mass is 19.4. The molecule has 2 aromatic carbocycles. The van der Waals surface area contributed by atoms with Crippen LogP contribution in [0.4, 0.5) is 24.5 Å². The Kier molecular flexibility index (Phi) is 5.42. The van der Waals surface area contributed by atoms with Gasteiger partial charge in [-0.1, -0.05) is 25.5 Å². The summed E-state index contributed by atoms with van der Waals surface area (Å²) < 4.78 is 37.8. The van der Waals surface area contributed by atoms with Gasteiger partial charge in [-0.05, 0) is 54.8 Å². The molecule has 0 amide bonds. The Morgan fingerprint density at radius 3 is 2.13 bits per heavy atom. The van der Waals surface area contributed by atoms with Crippen molar-refractivity contribution in [3.05, 3.63) is 59.7 Å². The molecular formula is C18H19F3N2. The Balaban J connectivity index is 2.31. The van der Waals surface area contributed by atoms with Crippen LogP contribution < -0.4 is 5.73 Å². The lowest BCUT2D eigenvalue weighted by Gasteiger charge is -2.09. The normalized spacial score (nSPS) is 12.4. The van der Waals surface area contributed by atoms with Crippen molar-refractivity contribution in [1.29, 1.82) is 0 Å². The summed E-state index contributed by atoms with van der Waals surface area (Å²) in [5, 5.41) is 0. The van der Waals surface area contributed by atoms with Gasteiger partial charge in [0, 0.05) is 11.4 Å². The molecule has 0 aromatic heterocycles. The number of benzene rings is 2. The molecule has 2 aromatic rings. The van der Waals surface area contributed by atoms with E-state index in [9.17, 15) is 13.2 Å². The van der Waals surface area contributed by atoms with Crippen molar-refractivity contribution in [3.8, 4) is 0 Å². The van der Waals surface area contributed by atoms with Crippen LogP contribution in [0, 0.1) is 0 Å². The van der Waals surface area contributed by atoms with Gasteiger partial charge in [0.25, 0.3) is 0 Å². The summed E-state index contributed by atoms with van der Waals surface area (Å²) in [6.07, 6.45) is -1.59. The van der Waals surface area contributed by atoms with Crippen LogP contribution in [-0.4, -0.2) is 5.71 Å². The Bertz CT molecular complexity index is 656. The van der Waals surface area contributed by atoms with E-state index in [0.29, 0.717) is 11.4 Å². The highest BCUT2D eigenvalue weighted by Crippen LogP contribution is 2.30. The molecule has 0 fully saturated rings. The lowest BCUT2D eigenvalue weighted by Crippen LogP contribution is -2.04. The van der Waals surface area contributed by atoms with Crippen LogP contribution in [-0.2, 0) is 6.18 Å². The number of hydrogen-bond acceptors (Lipinski definition) is 2. The summed E-state index contributed by atoms with van der Waals surface area (Å²) in [4.78, 5) is 4.53. The van der Waals surface area contributed by atoms with Crippen LogP contribution in [0.2, 0.25) is 0 Å². The fraction of sp³-hybridized carbons (Fsp3) is 0.278. The second-order valence-electron chi connectivity index (χ2n) is 5.33. The molecule has 0 heterocycles. The number of anilines is 1. The number of halogens is 3. The summed E-state index contributed by atoms with van der Waals surface area (Å²) in [7, 11) is 0. The smallest absolute Gasteiger partial charge is 0.399 e. The second-order valence-corrected chi connectivity index (χ2v) is 5.33. The molecule has 0 aliphatic heterocycles. The monoisotopic (exact) mass is 320 g/mol. The van der Waals surface area contributed by atoms with Crippen molar-refractivity contribution in [2.75, 3.05) is 5.73 Å². The van der Waals surface area contributed by atoms with Crippen LogP contribution in [0.5, 0.6) is 0 Å².